The summed E-state index contributed by atoms with van der Waals surface area (Å²) in [5.41, 5.74) is 4.22. The van der Waals surface area contributed by atoms with Crippen molar-refractivity contribution in [2.24, 2.45) is 0 Å². The molecule has 4 heteroatoms. The molecule has 21 heavy (non-hydrogen) atoms. The molecular weight excluding hydrogens is 264 g/mol. The Labute approximate surface area is 124 Å². The first-order valence-corrected chi connectivity index (χ1v) is 6.58. The van der Waals surface area contributed by atoms with E-state index in [0.717, 1.165) is 11.1 Å². The summed E-state index contributed by atoms with van der Waals surface area (Å²) in [5.74, 6) is 5.81. The number of amides is 2. The third-order valence-corrected chi connectivity index (χ3v) is 2.59. The van der Waals surface area contributed by atoms with Crippen LogP contribution in [-0.2, 0) is 11.4 Å². The summed E-state index contributed by atoms with van der Waals surface area (Å²) in [5, 5.41) is 2.59. The number of hydrogen-bond donors (Lipinski definition) is 2. The van der Waals surface area contributed by atoms with Gasteiger partial charge in [0.05, 0.1) is 13.2 Å². The predicted octanol–water partition coefficient (Wildman–Crippen LogP) is 2.47. The maximum absolute atomic E-state index is 11.4. The lowest BCUT2D eigenvalue weighted by Crippen LogP contribution is -2.35. The van der Waals surface area contributed by atoms with Gasteiger partial charge in [-0.05, 0) is 17.7 Å². The molecule has 0 radical (unpaired) electrons. The molecule has 0 aliphatic heterocycles. The number of hydrogen-bond acceptors (Lipinski definition) is 2. The second-order valence-corrected chi connectivity index (χ2v) is 4.23. The Bertz CT molecular complexity index is 615. The second kappa shape index (κ2) is 8.41. The van der Waals surface area contributed by atoms with E-state index in [1.165, 1.54) is 0 Å². The summed E-state index contributed by atoms with van der Waals surface area (Å²) >= 11 is 0. The van der Waals surface area contributed by atoms with Gasteiger partial charge in [-0.25, -0.2) is 10.3 Å². The Morgan fingerprint density at radius 3 is 2.38 bits per heavy atom. The van der Waals surface area contributed by atoms with Crippen molar-refractivity contribution < 1.29 is 9.63 Å². The SMILES string of the molecule is O=C(NCC#Cc1ccccc1)NOCc1ccccc1. The lowest BCUT2D eigenvalue weighted by atomic mass is 10.2. The van der Waals surface area contributed by atoms with E-state index in [2.05, 4.69) is 22.6 Å². The van der Waals surface area contributed by atoms with Crippen molar-refractivity contribution in [2.45, 2.75) is 6.61 Å². The molecule has 0 bridgehead atoms. The average Bonchev–Trinajstić information content (AvgIpc) is 2.54. The van der Waals surface area contributed by atoms with Crippen LogP contribution in [0.4, 0.5) is 4.79 Å². The first kappa shape index (κ1) is 14.6. The van der Waals surface area contributed by atoms with E-state index in [9.17, 15) is 4.79 Å². The monoisotopic (exact) mass is 280 g/mol. The quantitative estimate of drug-likeness (QED) is 0.667. The minimum Gasteiger partial charge on any atom is -0.325 e. The third kappa shape index (κ3) is 5.81. The summed E-state index contributed by atoms with van der Waals surface area (Å²) in [6.45, 7) is 0.583. The molecule has 0 unspecified atom stereocenters. The highest BCUT2D eigenvalue weighted by molar-refractivity contribution is 5.72. The first-order chi connectivity index (χ1) is 10.3. The molecule has 0 aliphatic carbocycles. The van der Waals surface area contributed by atoms with E-state index in [1.807, 2.05) is 60.7 Å². The van der Waals surface area contributed by atoms with E-state index >= 15 is 0 Å². The Morgan fingerprint density at radius 2 is 1.67 bits per heavy atom. The zero-order valence-electron chi connectivity index (χ0n) is 11.5. The van der Waals surface area contributed by atoms with E-state index in [-0.39, 0.29) is 6.54 Å². The maximum atomic E-state index is 11.4. The number of nitrogens with one attached hydrogen (secondary N) is 2. The fraction of sp³-hybridized carbons (Fsp3) is 0.118. The normalized spacial score (nSPS) is 9.33. The van der Waals surface area contributed by atoms with Gasteiger partial charge in [-0.1, -0.05) is 60.4 Å². The van der Waals surface area contributed by atoms with Gasteiger partial charge in [0.2, 0.25) is 0 Å². The van der Waals surface area contributed by atoms with Gasteiger partial charge < -0.3 is 5.32 Å². The predicted molar refractivity (Wildman–Crippen MR) is 81.1 cm³/mol. The lowest BCUT2D eigenvalue weighted by molar-refractivity contribution is 0.0494. The second-order valence-electron chi connectivity index (χ2n) is 4.23. The van der Waals surface area contributed by atoms with Crippen LogP contribution >= 0.6 is 0 Å². The number of carbonyl (C=O) groups is 1. The Balaban J connectivity index is 1.63. The van der Waals surface area contributed by atoms with Crippen LogP contribution in [0.15, 0.2) is 60.7 Å². The summed E-state index contributed by atoms with van der Waals surface area (Å²) in [6.07, 6.45) is 0. The van der Waals surface area contributed by atoms with Crippen molar-refractivity contribution in [3.8, 4) is 11.8 Å². The first-order valence-electron chi connectivity index (χ1n) is 6.58. The zero-order chi connectivity index (χ0) is 14.8. The van der Waals surface area contributed by atoms with Crippen LogP contribution < -0.4 is 10.8 Å². The van der Waals surface area contributed by atoms with Crippen LogP contribution in [0.25, 0.3) is 0 Å². The summed E-state index contributed by atoms with van der Waals surface area (Å²) < 4.78 is 0. The molecule has 2 amide bonds. The molecule has 2 rings (SSSR count). The molecule has 0 spiro atoms. The van der Waals surface area contributed by atoms with Crippen molar-refractivity contribution in [1.29, 1.82) is 0 Å². The zero-order valence-corrected chi connectivity index (χ0v) is 11.5. The molecular formula is C17H16N2O2. The molecule has 2 aromatic carbocycles. The molecule has 0 saturated carbocycles. The molecule has 0 atom stereocenters. The highest BCUT2D eigenvalue weighted by Crippen LogP contribution is 1.98. The average molecular weight is 280 g/mol. The smallest absolute Gasteiger partial charge is 0.325 e. The number of benzene rings is 2. The van der Waals surface area contributed by atoms with E-state index in [0.29, 0.717) is 6.61 Å². The topological polar surface area (TPSA) is 50.4 Å². The van der Waals surface area contributed by atoms with E-state index < -0.39 is 6.03 Å². The molecule has 2 aromatic rings. The van der Waals surface area contributed by atoms with Crippen molar-refractivity contribution in [3.63, 3.8) is 0 Å². The van der Waals surface area contributed by atoms with Gasteiger partial charge in [0, 0.05) is 5.56 Å². The number of hydroxylamine groups is 1. The lowest BCUT2D eigenvalue weighted by Gasteiger charge is -2.05. The standard InChI is InChI=1S/C17H16N2O2/c20-17(19-21-14-16-10-5-2-6-11-16)18-13-7-12-15-8-3-1-4-9-15/h1-6,8-11H,13-14H2,(H2,18,19,20). The van der Waals surface area contributed by atoms with Gasteiger partial charge >= 0.3 is 6.03 Å². The number of rotatable bonds is 4. The molecule has 0 aromatic heterocycles. The number of urea groups is 1. The summed E-state index contributed by atoms with van der Waals surface area (Å²) in [7, 11) is 0. The summed E-state index contributed by atoms with van der Waals surface area (Å²) in [6, 6.07) is 18.8. The fourth-order valence-corrected chi connectivity index (χ4v) is 1.59. The maximum Gasteiger partial charge on any atom is 0.339 e. The molecule has 0 fully saturated rings. The fourth-order valence-electron chi connectivity index (χ4n) is 1.59. The van der Waals surface area contributed by atoms with Crippen LogP contribution in [-0.4, -0.2) is 12.6 Å². The minimum atomic E-state index is -0.409. The Morgan fingerprint density at radius 1 is 1.00 bits per heavy atom. The van der Waals surface area contributed by atoms with E-state index in [1.54, 1.807) is 0 Å². The van der Waals surface area contributed by atoms with E-state index in [4.69, 9.17) is 4.84 Å². The highest BCUT2D eigenvalue weighted by Gasteiger charge is 1.97. The Hall–Kier alpha value is -2.77. The minimum absolute atomic E-state index is 0.259. The molecule has 0 heterocycles. The van der Waals surface area contributed by atoms with Crippen molar-refractivity contribution in [1.82, 2.24) is 10.8 Å². The van der Waals surface area contributed by atoms with Crippen LogP contribution in [0, 0.1) is 11.8 Å². The van der Waals surface area contributed by atoms with Crippen LogP contribution in [0.3, 0.4) is 0 Å². The third-order valence-electron chi connectivity index (χ3n) is 2.59. The van der Waals surface area contributed by atoms with Crippen LogP contribution in [0.1, 0.15) is 11.1 Å². The number of carbonyl (C=O) groups excluding carboxylic acids is 1. The van der Waals surface area contributed by atoms with Crippen molar-refractivity contribution in [3.05, 3.63) is 71.8 Å². The molecule has 4 nitrogen and oxygen atoms in total. The summed E-state index contributed by atoms with van der Waals surface area (Å²) in [4.78, 5) is 16.5. The van der Waals surface area contributed by atoms with Gasteiger partial charge in [-0.15, -0.1) is 0 Å². The van der Waals surface area contributed by atoms with Crippen molar-refractivity contribution >= 4 is 6.03 Å². The van der Waals surface area contributed by atoms with Gasteiger partial charge in [0.25, 0.3) is 0 Å². The van der Waals surface area contributed by atoms with Crippen molar-refractivity contribution in [2.75, 3.05) is 6.54 Å². The highest BCUT2D eigenvalue weighted by atomic mass is 16.7. The van der Waals surface area contributed by atoms with Crippen LogP contribution in [0.5, 0.6) is 0 Å². The molecule has 2 N–H and O–H groups in total. The van der Waals surface area contributed by atoms with Crippen LogP contribution in [0.2, 0.25) is 0 Å². The van der Waals surface area contributed by atoms with Gasteiger partial charge in [-0.3, -0.25) is 4.84 Å². The molecule has 0 aliphatic rings. The van der Waals surface area contributed by atoms with Gasteiger partial charge in [-0.2, -0.15) is 0 Å². The molecule has 106 valence electrons. The Kier molecular flexibility index (Phi) is 5.86. The molecule has 0 saturated heterocycles. The largest absolute Gasteiger partial charge is 0.339 e. The van der Waals surface area contributed by atoms with Gasteiger partial charge in [0.15, 0.2) is 0 Å². The van der Waals surface area contributed by atoms with Gasteiger partial charge in [0.1, 0.15) is 0 Å².